The van der Waals surface area contributed by atoms with Gasteiger partial charge in [-0.1, -0.05) is 35.9 Å². The number of carbonyl (C=O) groups excluding carboxylic acids is 1. The monoisotopic (exact) mass is 410 g/mol. The number of ether oxygens (including phenoxy) is 1. The average Bonchev–Trinajstić information content (AvgIpc) is 2.60. The SMILES string of the molecule is CCOc1ccccc1CNC(=O)[C@@H](C)N(c1cccc(Cl)c1)S(C)(=O)=O. The molecule has 0 aromatic heterocycles. The van der Waals surface area contributed by atoms with Gasteiger partial charge in [0, 0.05) is 17.1 Å². The quantitative estimate of drug-likeness (QED) is 0.725. The number of anilines is 1. The van der Waals surface area contributed by atoms with Crippen LogP contribution in [0.5, 0.6) is 5.75 Å². The lowest BCUT2D eigenvalue weighted by atomic mass is 10.2. The molecule has 0 aliphatic carbocycles. The highest BCUT2D eigenvalue weighted by Gasteiger charge is 2.29. The number of amides is 1. The molecule has 2 aromatic carbocycles. The summed E-state index contributed by atoms with van der Waals surface area (Å²) in [5, 5.41) is 3.16. The second kappa shape index (κ2) is 9.10. The highest BCUT2D eigenvalue weighted by molar-refractivity contribution is 7.92. The van der Waals surface area contributed by atoms with Crippen molar-refractivity contribution in [3.8, 4) is 5.75 Å². The van der Waals surface area contributed by atoms with E-state index in [4.69, 9.17) is 16.3 Å². The number of sulfonamides is 1. The average molecular weight is 411 g/mol. The zero-order valence-electron chi connectivity index (χ0n) is 15.5. The van der Waals surface area contributed by atoms with Crippen molar-refractivity contribution in [3.05, 3.63) is 59.1 Å². The standard InChI is InChI=1S/C19H23ClN2O4S/c1-4-26-18-11-6-5-8-15(18)13-21-19(23)14(2)22(27(3,24)25)17-10-7-9-16(20)12-17/h5-12,14H,4,13H2,1-3H3,(H,21,23)/t14-/m1/s1. The Bertz CT molecular complexity index is 902. The van der Waals surface area contributed by atoms with Crippen LogP contribution in [0.1, 0.15) is 19.4 Å². The van der Waals surface area contributed by atoms with Crippen LogP contribution in [0.4, 0.5) is 5.69 Å². The summed E-state index contributed by atoms with van der Waals surface area (Å²) in [5.41, 5.74) is 1.15. The van der Waals surface area contributed by atoms with Crippen LogP contribution in [-0.4, -0.2) is 33.2 Å². The maximum atomic E-state index is 12.6. The van der Waals surface area contributed by atoms with Gasteiger partial charge in [-0.05, 0) is 38.1 Å². The molecular formula is C19H23ClN2O4S. The maximum Gasteiger partial charge on any atom is 0.243 e. The van der Waals surface area contributed by atoms with E-state index in [9.17, 15) is 13.2 Å². The van der Waals surface area contributed by atoms with E-state index in [-0.39, 0.29) is 6.54 Å². The first-order valence-electron chi connectivity index (χ1n) is 8.47. The van der Waals surface area contributed by atoms with Crippen molar-refractivity contribution in [2.45, 2.75) is 26.4 Å². The molecule has 27 heavy (non-hydrogen) atoms. The van der Waals surface area contributed by atoms with Gasteiger partial charge < -0.3 is 10.1 Å². The summed E-state index contributed by atoms with van der Waals surface area (Å²) in [5.74, 6) is 0.259. The molecule has 0 unspecified atom stereocenters. The highest BCUT2D eigenvalue weighted by Crippen LogP contribution is 2.24. The fourth-order valence-corrected chi connectivity index (χ4v) is 4.05. The fraction of sp³-hybridized carbons (Fsp3) is 0.316. The fourth-order valence-electron chi connectivity index (χ4n) is 2.70. The minimum Gasteiger partial charge on any atom is -0.494 e. The van der Waals surface area contributed by atoms with Crippen LogP contribution < -0.4 is 14.4 Å². The van der Waals surface area contributed by atoms with Gasteiger partial charge in [0.25, 0.3) is 0 Å². The van der Waals surface area contributed by atoms with Crippen molar-refractivity contribution >= 4 is 33.2 Å². The van der Waals surface area contributed by atoms with Crippen molar-refractivity contribution in [2.75, 3.05) is 17.2 Å². The molecule has 0 fully saturated rings. The molecule has 0 saturated carbocycles. The molecule has 146 valence electrons. The Morgan fingerprint density at radius 2 is 1.93 bits per heavy atom. The molecule has 1 atom stereocenters. The topological polar surface area (TPSA) is 75.7 Å². The van der Waals surface area contributed by atoms with E-state index in [0.29, 0.717) is 23.1 Å². The molecule has 0 aliphatic heterocycles. The molecule has 1 amide bonds. The third-order valence-electron chi connectivity index (χ3n) is 3.88. The predicted molar refractivity (Wildman–Crippen MR) is 108 cm³/mol. The Hall–Kier alpha value is -2.25. The van der Waals surface area contributed by atoms with E-state index >= 15 is 0 Å². The van der Waals surface area contributed by atoms with Gasteiger partial charge in [-0.15, -0.1) is 0 Å². The van der Waals surface area contributed by atoms with Gasteiger partial charge >= 0.3 is 0 Å². The molecule has 0 heterocycles. The second-order valence-electron chi connectivity index (χ2n) is 5.97. The van der Waals surface area contributed by atoms with Crippen LogP contribution in [0.3, 0.4) is 0 Å². The van der Waals surface area contributed by atoms with E-state index in [0.717, 1.165) is 16.1 Å². The van der Waals surface area contributed by atoms with Crippen LogP contribution in [0, 0.1) is 0 Å². The largest absolute Gasteiger partial charge is 0.494 e. The molecule has 1 N–H and O–H groups in total. The van der Waals surface area contributed by atoms with Crippen LogP contribution in [0.15, 0.2) is 48.5 Å². The van der Waals surface area contributed by atoms with Gasteiger partial charge in [0.05, 0.1) is 18.6 Å². The number of rotatable bonds is 8. The van der Waals surface area contributed by atoms with Crippen LogP contribution in [-0.2, 0) is 21.4 Å². The van der Waals surface area contributed by atoms with Crippen LogP contribution >= 0.6 is 11.6 Å². The smallest absolute Gasteiger partial charge is 0.243 e. The first kappa shape index (κ1) is 21.1. The Balaban J connectivity index is 2.19. The van der Waals surface area contributed by atoms with Crippen molar-refractivity contribution in [3.63, 3.8) is 0 Å². The zero-order chi connectivity index (χ0) is 20.0. The number of benzene rings is 2. The minimum atomic E-state index is -3.69. The summed E-state index contributed by atoms with van der Waals surface area (Å²) in [4.78, 5) is 12.6. The van der Waals surface area contributed by atoms with E-state index in [1.165, 1.54) is 13.0 Å². The van der Waals surface area contributed by atoms with E-state index in [2.05, 4.69) is 5.32 Å². The normalized spacial score (nSPS) is 12.3. The van der Waals surface area contributed by atoms with Gasteiger partial charge in [-0.25, -0.2) is 8.42 Å². The van der Waals surface area contributed by atoms with E-state index in [1.54, 1.807) is 18.2 Å². The number of carbonyl (C=O) groups is 1. The summed E-state index contributed by atoms with van der Waals surface area (Å²) in [7, 11) is -3.69. The Kier molecular flexibility index (Phi) is 7.10. The molecule has 0 bridgehead atoms. The van der Waals surface area contributed by atoms with Gasteiger partial charge in [-0.2, -0.15) is 0 Å². The summed E-state index contributed by atoms with van der Waals surface area (Å²) in [6, 6.07) is 12.8. The van der Waals surface area contributed by atoms with Gasteiger partial charge in [0.2, 0.25) is 15.9 Å². The molecule has 2 aromatic rings. The Labute approximate surface area is 165 Å². The molecule has 0 radical (unpaired) electrons. The van der Waals surface area contributed by atoms with Crippen molar-refractivity contribution in [2.24, 2.45) is 0 Å². The van der Waals surface area contributed by atoms with E-state index < -0.39 is 22.0 Å². The number of hydrogen-bond acceptors (Lipinski definition) is 4. The molecule has 0 aliphatic rings. The second-order valence-corrected chi connectivity index (χ2v) is 8.27. The number of para-hydroxylation sites is 1. The van der Waals surface area contributed by atoms with Crippen molar-refractivity contribution in [1.29, 1.82) is 0 Å². The Morgan fingerprint density at radius 1 is 1.22 bits per heavy atom. The van der Waals surface area contributed by atoms with Gasteiger partial charge in [0.15, 0.2) is 0 Å². The molecular weight excluding hydrogens is 388 g/mol. The first-order chi connectivity index (χ1) is 12.7. The van der Waals surface area contributed by atoms with E-state index in [1.807, 2.05) is 31.2 Å². The van der Waals surface area contributed by atoms with Crippen molar-refractivity contribution in [1.82, 2.24) is 5.32 Å². The summed E-state index contributed by atoms with van der Waals surface area (Å²) in [6.45, 7) is 4.16. The lowest BCUT2D eigenvalue weighted by Gasteiger charge is -2.28. The first-order valence-corrected chi connectivity index (χ1v) is 10.7. The predicted octanol–water partition coefficient (Wildman–Crippen LogP) is 3.21. The van der Waals surface area contributed by atoms with Crippen LogP contribution in [0.25, 0.3) is 0 Å². The maximum absolute atomic E-state index is 12.6. The van der Waals surface area contributed by atoms with Gasteiger partial charge in [-0.3, -0.25) is 9.10 Å². The zero-order valence-corrected chi connectivity index (χ0v) is 17.0. The highest BCUT2D eigenvalue weighted by atomic mass is 35.5. The molecule has 2 rings (SSSR count). The third kappa shape index (κ3) is 5.61. The number of hydrogen-bond donors (Lipinski definition) is 1. The lowest BCUT2D eigenvalue weighted by molar-refractivity contribution is -0.122. The van der Waals surface area contributed by atoms with Crippen molar-refractivity contribution < 1.29 is 17.9 Å². The number of nitrogens with zero attached hydrogens (tertiary/aromatic N) is 1. The third-order valence-corrected chi connectivity index (χ3v) is 5.35. The molecule has 6 nitrogen and oxygen atoms in total. The molecule has 0 spiro atoms. The minimum absolute atomic E-state index is 0.229. The van der Waals surface area contributed by atoms with Gasteiger partial charge in [0.1, 0.15) is 11.8 Å². The molecule has 8 heteroatoms. The number of halogens is 1. The Morgan fingerprint density at radius 3 is 2.56 bits per heavy atom. The molecule has 0 saturated heterocycles. The summed E-state index contributed by atoms with van der Waals surface area (Å²) < 4.78 is 31.2. The number of nitrogens with one attached hydrogen (secondary N) is 1. The van der Waals surface area contributed by atoms with Crippen LogP contribution in [0.2, 0.25) is 5.02 Å². The lowest BCUT2D eigenvalue weighted by Crippen LogP contribution is -2.47. The summed E-state index contributed by atoms with van der Waals surface area (Å²) >= 11 is 5.98. The summed E-state index contributed by atoms with van der Waals surface area (Å²) in [6.07, 6.45) is 1.06.